The number of hydrogen-bond acceptors (Lipinski definition) is 6. The highest BCUT2D eigenvalue weighted by atomic mass is 35.5. The van der Waals surface area contributed by atoms with Crippen molar-refractivity contribution in [1.29, 1.82) is 0 Å². The van der Waals surface area contributed by atoms with E-state index >= 15 is 0 Å². The summed E-state index contributed by atoms with van der Waals surface area (Å²) in [5.41, 5.74) is 7.50. The van der Waals surface area contributed by atoms with Crippen LogP contribution < -0.4 is 22.2 Å². The zero-order valence-electron chi connectivity index (χ0n) is 14.7. The third-order valence-electron chi connectivity index (χ3n) is 4.13. The minimum atomic E-state index is -0.858. The Balaban J connectivity index is 1.77. The maximum atomic E-state index is 12.6. The summed E-state index contributed by atoms with van der Waals surface area (Å²) in [7, 11) is 0. The first-order valence-electron chi connectivity index (χ1n) is 8.32. The number of pyridine rings is 1. The van der Waals surface area contributed by atoms with E-state index < -0.39 is 11.8 Å². The molecule has 3 rings (SSSR count). The van der Waals surface area contributed by atoms with Crippen LogP contribution in [-0.4, -0.2) is 21.8 Å². The molecule has 1 aromatic heterocycles. The molecule has 146 valence electrons. The van der Waals surface area contributed by atoms with Crippen LogP contribution in [0.4, 0.5) is 5.69 Å². The number of carbonyl (C=O) groups is 2. The van der Waals surface area contributed by atoms with Crippen LogP contribution in [0.1, 0.15) is 12.1 Å². The summed E-state index contributed by atoms with van der Waals surface area (Å²) < 4.78 is 0. The van der Waals surface area contributed by atoms with E-state index in [0.717, 1.165) is 0 Å². The molecule has 8 nitrogen and oxygen atoms in total. The van der Waals surface area contributed by atoms with Crippen LogP contribution in [0.25, 0.3) is 0 Å². The topological polar surface area (TPSA) is 126 Å². The first-order valence-corrected chi connectivity index (χ1v) is 9.07. The number of rotatable bonds is 5. The van der Waals surface area contributed by atoms with Gasteiger partial charge in [-0.2, -0.15) is 0 Å². The Bertz CT molecular complexity index is 915. The molecule has 1 aliphatic heterocycles. The molecule has 0 fully saturated rings. The van der Waals surface area contributed by atoms with Crippen molar-refractivity contribution in [2.45, 2.75) is 13.0 Å². The van der Waals surface area contributed by atoms with Crippen molar-refractivity contribution in [2.75, 3.05) is 5.32 Å². The zero-order valence-corrected chi connectivity index (χ0v) is 16.2. The van der Waals surface area contributed by atoms with Crippen molar-refractivity contribution >= 4 is 40.7 Å². The number of hydrogen-bond donors (Lipinski definition) is 4. The fraction of sp³-hybridized carbons (Fsp3) is 0.167. The molecule has 6 N–H and O–H groups in total. The Labute approximate surface area is 171 Å². The van der Waals surface area contributed by atoms with Crippen molar-refractivity contribution in [3.8, 4) is 0 Å². The van der Waals surface area contributed by atoms with E-state index in [1.165, 1.54) is 11.2 Å². The lowest BCUT2D eigenvalue weighted by atomic mass is 9.96. The molecular formula is C18H18Cl2N6O2. The van der Waals surface area contributed by atoms with E-state index in [1.54, 1.807) is 36.4 Å². The molecule has 0 bridgehead atoms. The molecule has 0 aliphatic carbocycles. The molecule has 0 saturated carbocycles. The smallest absolute Gasteiger partial charge is 0.234 e. The predicted molar refractivity (Wildman–Crippen MR) is 107 cm³/mol. The van der Waals surface area contributed by atoms with Crippen molar-refractivity contribution in [1.82, 2.24) is 15.3 Å². The largest absolute Gasteiger partial charge is 0.398 e. The Morgan fingerprint density at radius 2 is 1.89 bits per heavy atom. The van der Waals surface area contributed by atoms with Gasteiger partial charge in [-0.15, -0.1) is 0 Å². The number of aromatic nitrogens is 1. The van der Waals surface area contributed by atoms with Crippen LogP contribution in [0.15, 0.2) is 54.1 Å². The minimum absolute atomic E-state index is 0.0816. The number of hydrazine groups is 1. The number of benzene rings is 1. The van der Waals surface area contributed by atoms with Gasteiger partial charge in [0.1, 0.15) is 5.82 Å². The SMILES string of the molecule is NC1=C(N(N)Cc2ccc(Cl)cn2)NC(=O)CC1C(=O)Nc1ccc(Cl)cc1. The van der Waals surface area contributed by atoms with E-state index in [2.05, 4.69) is 15.6 Å². The zero-order chi connectivity index (χ0) is 20.3. The summed E-state index contributed by atoms with van der Waals surface area (Å²) in [5.74, 6) is 4.60. The van der Waals surface area contributed by atoms with Gasteiger partial charge < -0.3 is 16.4 Å². The quantitative estimate of drug-likeness (QED) is 0.432. The maximum Gasteiger partial charge on any atom is 0.234 e. The third-order valence-corrected chi connectivity index (χ3v) is 4.61. The molecule has 2 heterocycles. The number of nitrogens with zero attached hydrogens (tertiary/aromatic N) is 2. The van der Waals surface area contributed by atoms with E-state index in [0.29, 0.717) is 21.4 Å². The predicted octanol–water partition coefficient (Wildman–Crippen LogP) is 1.97. The van der Waals surface area contributed by atoms with Crippen LogP contribution in [0.2, 0.25) is 10.0 Å². The maximum absolute atomic E-state index is 12.6. The van der Waals surface area contributed by atoms with Gasteiger partial charge in [-0.05, 0) is 36.4 Å². The number of anilines is 1. The van der Waals surface area contributed by atoms with Crippen molar-refractivity contribution in [3.05, 3.63) is 69.9 Å². The molecule has 1 unspecified atom stereocenters. The first kappa shape index (κ1) is 19.9. The molecule has 0 radical (unpaired) electrons. The van der Waals surface area contributed by atoms with Gasteiger partial charge in [0.2, 0.25) is 11.8 Å². The summed E-state index contributed by atoms with van der Waals surface area (Å²) in [4.78, 5) is 28.9. The number of carbonyl (C=O) groups excluding carboxylic acids is 2. The second-order valence-electron chi connectivity index (χ2n) is 6.20. The van der Waals surface area contributed by atoms with Gasteiger partial charge in [0.05, 0.1) is 28.9 Å². The van der Waals surface area contributed by atoms with Gasteiger partial charge in [0, 0.05) is 23.3 Å². The summed E-state index contributed by atoms with van der Waals surface area (Å²) in [6.07, 6.45) is 1.41. The van der Waals surface area contributed by atoms with Crippen LogP contribution in [-0.2, 0) is 16.1 Å². The average Bonchev–Trinajstić information content (AvgIpc) is 2.66. The fourth-order valence-electron chi connectivity index (χ4n) is 2.70. The van der Waals surface area contributed by atoms with Gasteiger partial charge in [-0.1, -0.05) is 23.2 Å². The van der Waals surface area contributed by atoms with Crippen LogP contribution in [0, 0.1) is 5.92 Å². The van der Waals surface area contributed by atoms with Gasteiger partial charge in [-0.3, -0.25) is 19.6 Å². The van der Waals surface area contributed by atoms with Crippen LogP contribution >= 0.6 is 23.2 Å². The van der Waals surface area contributed by atoms with Gasteiger partial charge in [0.25, 0.3) is 0 Å². The monoisotopic (exact) mass is 420 g/mol. The third kappa shape index (κ3) is 4.72. The van der Waals surface area contributed by atoms with Gasteiger partial charge in [0.15, 0.2) is 0 Å². The highest BCUT2D eigenvalue weighted by molar-refractivity contribution is 6.30. The molecule has 0 spiro atoms. The lowest BCUT2D eigenvalue weighted by molar-refractivity contribution is -0.127. The number of nitrogens with one attached hydrogen (secondary N) is 2. The van der Waals surface area contributed by atoms with Crippen molar-refractivity contribution in [3.63, 3.8) is 0 Å². The van der Waals surface area contributed by atoms with Crippen molar-refractivity contribution in [2.24, 2.45) is 17.5 Å². The highest BCUT2D eigenvalue weighted by Crippen LogP contribution is 2.23. The molecule has 10 heteroatoms. The molecule has 1 atom stereocenters. The standard InChI is InChI=1S/C18H18Cl2N6O2/c19-10-1-4-12(5-2-10)24-18(28)14-7-15(27)25-17(16(14)21)26(22)9-13-6-3-11(20)8-23-13/h1-6,8,14H,7,9,21-22H2,(H,24,28)(H,25,27). The van der Waals surface area contributed by atoms with Crippen LogP contribution in [0.3, 0.4) is 0 Å². The summed E-state index contributed by atoms with van der Waals surface area (Å²) in [6.45, 7) is 0.166. The Morgan fingerprint density at radius 3 is 2.54 bits per heavy atom. The molecular weight excluding hydrogens is 403 g/mol. The highest BCUT2D eigenvalue weighted by Gasteiger charge is 2.33. The summed E-state index contributed by atoms with van der Waals surface area (Å²) >= 11 is 11.7. The molecule has 1 aromatic carbocycles. The molecule has 2 amide bonds. The number of halogens is 2. The number of nitrogens with two attached hydrogens (primary N) is 2. The molecule has 2 aromatic rings. The van der Waals surface area contributed by atoms with E-state index in [-0.39, 0.29) is 30.4 Å². The second kappa shape index (κ2) is 8.47. The van der Waals surface area contributed by atoms with Gasteiger partial charge >= 0.3 is 0 Å². The summed E-state index contributed by atoms with van der Waals surface area (Å²) in [5, 5.41) is 7.63. The fourth-order valence-corrected chi connectivity index (χ4v) is 2.94. The van der Waals surface area contributed by atoms with E-state index in [9.17, 15) is 9.59 Å². The Hall–Kier alpha value is -2.81. The average molecular weight is 421 g/mol. The molecule has 0 saturated heterocycles. The second-order valence-corrected chi connectivity index (χ2v) is 7.07. The Kier molecular flexibility index (Phi) is 6.03. The normalized spacial score (nSPS) is 16.5. The van der Waals surface area contributed by atoms with Crippen LogP contribution in [0.5, 0.6) is 0 Å². The summed E-state index contributed by atoms with van der Waals surface area (Å²) in [6, 6.07) is 9.99. The molecule has 1 aliphatic rings. The van der Waals surface area contributed by atoms with E-state index in [1.807, 2.05) is 0 Å². The lowest BCUT2D eigenvalue weighted by Gasteiger charge is -2.30. The van der Waals surface area contributed by atoms with E-state index in [4.69, 9.17) is 34.8 Å². The lowest BCUT2D eigenvalue weighted by Crippen LogP contribution is -2.48. The first-order chi connectivity index (χ1) is 13.3. The van der Waals surface area contributed by atoms with Gasteiger partial charge in [-0.25, -0.2) is 5.84 Å². The Morgan fingerprint density at radius 1 is 1.21 bits per heavy atom. The van der Waals surface area contributed by atoms with Crippen molar-refractivity contribution < 1.29 is 9.59 Å². The molecule has 28 heavy (non-hydrogen) atoms. The minimum Gasteiger partial charge on any atom is -0.398 e. The number of amides is 2.